The number of aromatic nitrogens is 6. The molecule has 716 valence electrons. The molecule has 2 fully saturated rings. The molecule has 27 N–H and O–H groups in total. The highest BCUT2D eigenvalue weighted by molar-refractivity contribution is 8.77. The molecule has 50 heteroatoms. The molecular formula is C83H104N20O26S4. The SMILES string of the molecule is C#CCOc1ccc(-n2c(=O)[nH]n(-c3cc(CC4NC(=O)C(N)CSSCC(C(=O)O)NC(=O)C(CC(N)=O)CC(=O)C(CCC(N)=O)NC(=O)C(C(C)CC)NC4=O)ccc3O)c2=O)cc1.C#COc1ccc(-n2c(=O)[nH][nH]c2=O)cc1.CCC(C)C1NC(=O)C(Cc2ccc(O)cc2)NC(=O)C(N)CSSCC(C(=O)O)NC(=O)C(CC(N)=O)CC(=O)C(CCC(N)=O)NC1=O. The van der Waals surface area contributed by atoms with E-state index in [1.807, 2.05) is 6.11 Å². The highest BCUT2D eigenvalue weighted by Crippen LogP contribution is 2.28. The molecule has 0 bridgehead atoms. The number of aromatic amines is 3. The highest BCUT2D eigenvalue weighted by atomic mass is 33.1. The molecule has 14 atom stereocenters. The summed E-state index contributed by atoms with van der Waals surface area (Å²) in [7, 11) is 3.93. The van der Waals surface area contributed by atoms with E-state index in [0.29, 0.717) is 29.2 Å². The number of benzene rings is 4. The molecular weight excluding hydrogens is 1820 g/mol. The van der Waals surface area contributed by atoms with Gasteiger partial charge in [0, 0.05) is 74.4 Å². The average molecular weight is 1930 g/mol. The quantitative estimate of drug-likeness (QED) is 0.0184. The normalized spacial score (nSPS) is 21.8. The van der Waals surface area contributed by atoms with Crippen LogP contribution >= 0.6 is 43.2 Å². The number of aliphatic carboxylic acids is 2. The van der Waals surface area contributed by atoms with Crippen molar-refractivity contribution in [2.45, 2.75) is 165 Å². The van der Waals surface area contributed by atoms with E-state index in [1.165, 1.54) is 54.6 Å². The van der Waals surface area contributed by atoms with Crippen molar-refractivity contribution in [1.82, 2.24) is 71.6 Å². The Labute approximate surface area is 773 Å². The first kappa shape index (κ1) is 108. The topological polar surface area (TPSA) is 755 Å². The zero-order valence-corrected chi connectivity index (χ0v) is 75.4. The van der Waals surface area contributed by atoms with Gasteiger partial charge in [0.2, 0.25) is 70.9 Å². The van der Waals surface area contributed by atoms with Gasteiger partial charge in [0.15, 0.2) is 11.6 Å². The van der Waals surface area contributed by atoms with E-state index < -0.39 is 239 Å². The molecule has 2 aliphatic rings. The second-order valence-corrected chi connectivity index (χ2v) is 35.5. The van der Waals surface area contributed by atoms with Crippen LogP contribution in [0.15, 0.2) is 110 Å². The van der Waals surface area contributed by atoms with Gasteiger partial charge in [0.25, 0.3) is 0 Å². The van der Waals surface area contributed by atoms with Crippen molar-refractivity contribution in [2.75, 3.05) is 29.6 Å². The van der Waals surface area contributed by atoms with Crippen LogP contribution in [0, 0.1) is 48.5 Å². The zero-order chi connectivity index (χ0) is 98.6. The van der Waals surface area contributed by atoms with Crippen molar-refractivity contribution in [1.29, 1.82) is 0 Å². The van der Waals surface area contributed by atoms with Crippen LogP contribution in [0.2, 0.25) is 0 Å². The van der Waals surface area contributed by atoms with Crippen molar-refractivity contribution in [3.8, 4) is 64.9 Å². The fraction of sp³-hybridized carbons (Fsp3) is 0.422. The summed E-state index contributed by atoms with van der Waals surface area (Å²) in [6, 6.07) is 8.08. The van der Waals surface area contributed by atoms with Crippen LogP contribution in [-0.2, 0) is 89.6 Å². The molecule has 2 aromatic heterocycles. The maximum atomic E-state index is 14.3. The number of carbonyl (C=O) groups is 16. The van der Waals surface area contributed by atoms with E-state index in [0.717, 1.165) is 57.0 Å². The van der Waals surface area contributed by atoms with Crippen LogP contribution in [0.5, 0.6) is 23.0 Å². The summed E-state index contributed by atoms with van der Waals surface area (Å²) >= 11 is 0. The Balaban J connectivity index is 0.000000359. The number of ketones is 2. The molecule has 133 heavy (non-hydrogen) atoms. The van der Waals surface area contributed by atoms with Crippen molar-refractivity contribution in [3.05, 3.63) is 144 Å². The summed E-state index contributed by atoms with van der Waals surface area (Å²) in [5.74, 6) is -16.9. The second-order valence-electron chi connectivity index (χ2n) is 30.4. The number of nitrogens with two attached hydrogens (primary N) is 6. The van der Waals surface area contributed by atoms with Gasteiger partial charge in [-0.3, -0.25) is 67.1 Å². The van der Waals surface area contributed by atoms with E-state index in [4.69, 9.17) is 56.7 Å². The van der Waals surface area contributed by atoms with Gasteiger partial charge in [0.1, 0.15) is 77.6 Å². The lowest BCUT2D eigenvalue weighted by Gasteiger charge is -2.29. The fourth-order valence-corrected chi connectivity index (χ4v) is 17.3. The number of phenols is 2. The molecule has 2 saturated heterocycles. The van der Waals surface area contributed by atoms with E-state index in [1.54, 1.807) is 64.1 Å². The smallest absolute Gasteiger partial charge is 0.356 e. The summed E-state index contributed by atoms with van der Waals surface area (Å²) in [6.45, 7) is 6.75. The largest absolute Gasteiger partial charge is 0.508 e. The predicted molar refractivity (Wildman–Crippen MR) is 486 cm³/mol. The van der Waals surface area contributed by atoms with Gasteiger partial charge in [0.05, 0.1) is 47.4 Å². The number of rotatable bonds is 26. The number of ether oxygens (including phenoxy) is 2. The van der Waals surface area contributed by atoms with Gasteiger partial charge in [-0.2, -0.15) is 4.68 Å². The monoisotopic (exact) mass is 1920 g/mol. The lowest BCUT2D eigenvalue weighted by atomic mass is 9.91. The van der Waals surface area contributed by atoms with Crippen molar-refractivity contribution in [3.63, 3.8) is 0 Å². The molecule has 4 aromatic carbocycles. The minimum atomic E-state index is -1.55. The number of H-pyrrole nitrogens is 3. The Morgan fingerprint density at radius 2 is 0.887 bits per heavy atom. The summed E-state index contributed by atoms with van der Waals surface area (Å²) in [5, 5.41) is 67.1. The minimum Gasteiger partial charge on any atom is -0.508 e. The van der Waals surface area contributed by atoms with Gasteiger partial charge in [-0.25, -0.2) is 53.2 Å². The van der Waals surface area contributed by atoms with Gasteiger partial charge < -0.3 is 107 Å². The zero-order valence-electron chi connectivity index (χ0n) is 72.1. The van der Waals surface area contributed by atoms with Gasteiger partial charge in [-0.1, -0.05) is 114 Å². The molecule has 0 radical (unpaired) electrons. The number of phenolic OH excluding ortho intramolecular Hbond substituents is 2. The number of carbonyl (C=O) groups excluding carboxylic acids is 14. The number of hydrogen-bond acceptors (Lipinski definition) is 30. The predicted octanol–water partition coefficient (Wildman–Crippen LogP) is -3.65. The van der Waals surface area contributed by atoms with Gasteiger partial charge in [-0.15, -0.1) is 6.42 Å². The summed E-state index contributed by atoms with van der Waals surface area (Å²) < 4.78 is 12.7. The van der Waals surface area contributed by atoms with Crippen LogP contribution in [0.4, 0.5) is 0 Å². The Bertz CT molecular complexity index is 5500. The molecule has 6 aromatic rings. The third-order valence-corrected chi connectivity index (χ3v) is 25.3. The molecule has 0 saturated carbocycles. The Hall–Kier alpha value is -14.1. The maximum Gasteiger partial charge on any atom is 0.356 e. The Morgan fingerprint density at radius 3 is 1.29 bits per heavy atom. The number of nitrogens with one attached hydrogen (secondary N) is 11. The number of primary amides is 4. The standard InChI is InChI=1S/C42H52N10O13S2.C31H45N7O10S2.C10H7N3O3/c1-4-14-65-25-9-7-24(8-10-25)51-41(63)50-52(42(51)64)30-16-22(6-12-31(30)53)15-28-38(59)49-35(21(3)5-2)39(60)46-27(11-13-33(44)55)32(54)17-23(18-34(45)56)36(57)48-29(40(61)62)20-67-66-19-26(43)37(58)47-28;1-3-15(2)26-30(46)35-20(8-9-24(33)41)23(40)11-17(12-25(34)42)27(43)37-22(31(47)48)14-50-49-13-19(32)28(44)36-21(29(45)38-26)10-16-4-6-18(39)7-5-16;1-2-16-8-5-3-7(4-6-8)13-9(14)11-12-10(13)15/h1,6-10,12,16,21,23,26-29,35,53H,5,11,13-15,17-20,43H2,2-3H3,(H2,44,55)(H2,45,56)(H,46,60)(H,47,58)(H,48,57)(H,49,59)(H,50,63)(H,61,62);4-7,15,17,19-22,26,39H,3,8-14,32H2,1-2H3,(H2,33,41)(H2,34,42)(H,35,46)(H,36,44)(H,37,43)(H,38,45)(H,47,48);1,3-6H,(H,11,14)(H,12,15). The van der Waals surface area contributed by atoms with Crippen molar-refractivity contribution >= 4 is 138 Å². The van der Waals surface area contributed by atoms with Crippen LogP contribution in [-0.4, -0.2) is 234 Å². The number of carboxylic acids is 2. The molecule has 14 unspecified atom stereocenters. The molecule has 0 aliphatic carbocycles. The maximum absolute atomic E-state index is 14.3. The number of amides is 12. The van der Waals surface area contributed by atoms with Crippen molar-refractivity contribution in [2.24, 2.45) is 58.1 Å². The minimum absolute atomic E-state index is 0.0132. The summed E-state index contributed by atoms with van der Waals surface area (Å²) in [5.41, 5.74) is 32.0. The van der Waals surface area contributed by atoms with Crippen LogP contribution in [0.25, 0.3) is 17.1 Å². The van der Waals surface area contributed by atoms with Gasteiger partial charge >= 0.3 is 34.7 Å². The highest BCUT2D eigenvalue weighted by Gasteiger charge is 2.40. The van der Waals surface area contributed by atoms with Crippen molar-refractivity contribution < 1.29 is 107 Å². The van der Waals surface area contributed by atoms with E-state index in [-0.39, 0.29) is 90.8 Å². The first-order valence-corrected chi connectivity index (χ1v) is 45.9. The van der Waals surface area contributed by atoms with E-state index in [2.05, 4.69) is 63.8 Å². The first-order valence-electron chi connectivity index (χ1n) is 40.9. The number of aromatic hydroxyl groups is 2. The number of carboxylic acid groups (broad SMARTS) is 2. The summed E-state index contributed by atoms with van der Waals surface area (Å²) in [6.07, 6.45) is 8.41. The number of nitrogens with zero attached hydrogens (tertiary/aromatic N) is 3. The average Bonchev–Trinajstić information content (AvgIpc) is 1.63. The number of Topliss-reactive ketones (excluding diaryl/α,β-unsaturated/α-hetero) is 2. The lowest BCUT2D eigenvalue weighted by molar-refractivity contribution is -0.142. The number of terminal acetylenes is 2. The third-order valence-electron chi connectivity index (χ3n) is 20.4. The van der Waals surface area contributed by atoms with E-state index in [9.17, 15) is 116 Å². The summed E-state index contributed by atoms with van der Waals surface area (Å²) in [4.78, 5) is 257. The molecule has 12 amide bonds. The van der Waals surface area contributed by atoms with Crippen LogP contribution in [0.3, 0.4) is 0 Å². The van der Waals surface area contributed by atoms with Crippen LogP contribution < -0.4 is 109 Å². The van der Waals surface area contributed by atoms with E-state index >= 15 is 0 Å². The Kier molecular flexibility index (Phi) is 42.7. The molecule has 46 nitrogen and oxygen atoms in total. The van der Waals surface area contributed by atoms with Gasteiger partial charge in [-0.05, 0) is 109 Å². The molecule has 4 heterocycles. The molecule has 8 rings (SSSR count). The second kappa shape index (κ2) is 52.7. The Morgan fingerprint density at radius 1 is 0.481 bits per heavy atom. The fourth-order valence-electron chi connectivity index (χ4n) is 12.8. The third kappa shape index (κ3) is 33.7. The lowest BCUT2D eigenvalue weighted by Crippen LogP contribution is -2.59. The molecule has 2 aliphatic heterocycles. The van der Waals surface area contributed by atoms with Crippen LogP contribution in [0.1, 0.15) is 103 Å². The molecule has 0 spiro atoms. The number of hydrogen-bond donors (Lipinski definition) is 21. The first-order chi connectivity index (χ1) is 63.0.